The van der Waals surface area contributed by atoms with Gasteiger partial charge < -0.3 is 10.5 Å². The molecule has 20 heavy (non-hydrogen) atoms. The summed E-state index contributed by atoms with van der Waals surface area (Å²) in [5.41, 5.74) is 8.31. The van der Waals surface area contributed by atoms with Crippen molar-refractivity contribution in [3.05, 3.63) is 61.5 Å². The van der Waals surface area contributed by atoms with Gasteiger partial charge in [-0.25, -0.2) is 0 Å². The Hall–Kier alpha value is -0.550. The van der Waals surface area contributed by atoms with Crippen LogP contribution in [-0.4, -0.2) is 7.11 Å². The number of hydrogen-bond donors (Lipinski definition) is 1. The SMILES string of the molecule is COc1ccc(Br)c(CC(N)c2cccc(Br)c2Cl)c1. The number of halogens is 3. The molecule has 0 spiro atoms. The summed E-state index contributed by atoms with van der Waals surface area (Å²) in [4.78, 5) is 0. The van der Waals surface area contributed by atoms with Crippen LogP contribution in [0.3, 0.4) is 0 Å². The molecule has 2 rings (SSSR count). The van der Waals surface area contributed by atoms with E-state index in [4.69, 9.17) is 22.1 Å². The van der Waals surface area contributed by atoms with Gasteiger partial charge in [0.05, 0.1) is 12.1 Å². The maximum absolute atomic E-state index is 6.29. The number of ether oxygens (including phenoxy) is 1. The van der Waals surface area contributed by atoms with E-state index in [1.165, 1.54) is 0 Å². The summed E-state index contributed by atoms with van der Waals surface area (Å²) >= 11 is 13.2. The second kappa shape index (κ2) is 6.94. The molecule has 0 heterocycles. The van der Waals surface area contributed by atoms with Gasteiger partial charge in [-0.2, -0.15) is 0 Å². The number of nitrogens with two attached hydrogens (primary N) is 1. The van der Waals surface area contributed by atoms with Crippen LogP contribution in [0.2, 0.25) is 5.02 Å². The van der Waals surface area contributed by atoms with Crippen molar-refractivity contribution >= 4 is 43.5 Å². The predicted molar refractivity (Wildman–Crippen MR) is 90.5 cm³/mol. The molecule has 0 saturated heterocycles. The van der Waals surface area contributed by atoms with Crippen LogP contribution in [0, 0.1) is 0 Å². The lowest BCUT2D eigenvalue weighted by Crippen LogP contribution is -2.14. The average molecular weight is 420 g/mol. The molecule has 0 fully saturated rings. The van der Waals surface area contributed by atoms with Crippen LogP contribution in [-0.2, 0) is 6.42 Å². The van der Waals surface area contributed by atoms with Gasteiger partial charge in [0, 0.05) is 15.0 Å². The lowest BCUT2D eigenvalue weighted by atomic mass is 9.99. The Bertz CT molecular complexity index is 619. The number of rotatable bonds is 4. The minimum absolute atomic E-state index is 0.177. The minimum atomic E-state index is -0.177. The summed E-state index contributed by atoms with van der Waals surface area (Å²) in [5, 5.41) is 0.666. The summed E-state index contributed by atoms with van der Waals surface area (Å²) in [6.45, 7) is 0. The second-order valence-corrected chi connectivity index (χ2v) is 6.50. The predicted octanol–water partition coefficient (Wildman–Crippen LogP) is 5.12. The molecular weight excluding hydrogens is 405 g/mol. The van der Waals surface area contributed by atoms with Gasteiger partial charge in [0.15, 0.2) is 0 Å². The van der Waals surface area contributed by atoms with Crippen molar-refractivity contribution in [2.75, 3.05) is 7.11 Å². The molecule has 5 heteroatoms. The maximum atomic E-state index is 6.29. The molecule has 2 aromatic rings. The topological polar surface area (TPSA) is 35.2 Å². The molecule has 0 saturated carbocycles. The molecule has 0 radical (unpaired) electrons. The highest BCUT2D eigenvalue weighted by Crippen LogP contribution is 2.32. The van der Waals surface area contributed by atoms with Crippen LogP contribution in [0.4, 0.5) is 0 Å². The van der Waals surface area contributed by atoms with Crippen LogP contribution >= 0.6 is 43.5 Å². The van der Waals surface area contributed by atoms with E-state index in [1.807, 2.05) is 36.4 Å². The third-order valence-corrected chi connectivity index (χ3v) is 5.16. The third kappa shape index (κ3) is 3.55. The zero-order valence-corrected chi connectivity index (χ0v) is 14.8. The van der Waals surface area contributed by atoms with Crippen molar-refractivity contribution in [1.82, 2.24) is 0 Å². The van der Waals surface area contributed by atoms with Gasteiger partial charge in [-0.1, -0.05) is 39.7 Å². The Labute approximate surface area is 140 Å². The highest BCUT2D eigenvalue weighted by atomic mass is 79.9. The van der Waals surface area contributed by atoms with Gasteiger partial charge in [0.1, 0.15) is 5.75 Å². The van der Waals surface area contributed by atoms with Crippen molar-refractivity contribution < 1.29 is 4.74 Å². The van der Waals surface area contributed by atoms with Gasteiger partial charge in [-0.3, -0.25) is 0 Å². The largest absolute Gasteiger partial charge is 0.497 e. The van der Waals surface area contributed by atoms with Crippen molar-refractivity contribution in [3.63, 3.8) is 0 Å². The van der Waals surface area contributed by atoms with E-state index in [0.29, 0.717) is 11.4 Å². The smallest absolute Gasteiger partial charge is 0.119 e. The Kier molecular flexibility index (Phi) is 5.49. The third-order valence-electron chi connectivity index (χ3n) is 3.07. The van der Waals surface area contributed by atoms with Crippen LogP contribution in [0.1, 0.15) is 17.2 Å². The van der Waals surface area contributed by atoms with E-state index in [2.05, 4.69) is 31.9 Å². The van der Waals surface area contributed by atoms with E-state index in [-0.39, 0.29) is 6.04 Å². The molecule has 1 unspecified atom stereocenters. The first-order valence-electron chi connectivity index (χ1n) is 6.05. The van der Waals surface area contributed by atoms with Gasteiger partial charge >= 0.3 is 0 Å². The maximum Gasteiger partial charge on any atom is 0.119 e. The summed E-state index contributed by atoms with van der Waals surface area (Å²) < 4.78 is 7.12. The Morgan fingerprint density at radius 3 is 2.65 bits per heavy atom. The molecule has 106 valence electrons. The summed E-state index contributed by atoms with van der Waals surface area (Å²) in [7, 11) is 1.65. The first kappa shape index (κ1) is 15.8. The molecule has 0 amide bonds. The van der Waals surface area contributed by atoms with Gasteiger partial charge in [0.25, 0.3) is 0 Å². The fourth-order valence-corrected chi connectivity index (χ4v) is 3.04. The first-order valence-corrected chi connectivity index (χ1v) is 8.01. The lowest BCUT2D eigenvalue weighted by molar-refractivity contribution is 0.414. The van der Waals surface area contributed by atoms with Crippen molar-refractivity contribution in [2.24, 2.45) is 5.73 Å². The quantitative estimate of drug-likeness (QED) is 0.747. The Morgan fingerprint density at radius 1 is 1.20 bits per heavy atom. The van der Waals surface area contributed by atoms with E-state index >= 15 is 0 Å². The van der Waals surface area contributed by atoms with Crippen molar-refractivity contribution in [3.8, 4) is 5.75 Å². The summed E-state index contributed by atoms with van der Waals surface area (Å²) in [6, 6.07) is 11.5. The number of benzene rings is 2. The Balaban J connectivity index is 2.27. The average Bonchev–Trinajstić information content (AvgIpc) is 2.44. The van der Waals surface area contributed by atoms with E-state index in [0.717, 1.165) is 25.8 Å². The molecule has 2 nitrogen and oxygen atoms in total. The molecule has 0 bridgehead atoms. The van der Waals surface area contributed by atoms with Gasteiger partial charge in [0.2, 0.25) is 0 Å². The van der Waals surface area contributed by atoms with E-state index in [9.17, 15) is 0 Å². The van der Waals surface area contributed by atoms with E-state index in [1.54, 1.807) is 7.11 Å². The van der Waals surface area contributed by atoms with Gasteiger partial charge in [-0.15, -0.1) is 0 Å². The fraction of sp³-hybridized carbons (Fsp3) is 0.200. The normalized spacial score (nSPS) is 12.2. The van der Waals surface area contributed by atoms with E-state index < -0.39 is 0 Å². The van der Waals surface area contributed by atoms with Gasteiger partial charge in [-0.05, 0) is 57.7 Å². The first-order chi connectivity index (χ1) is 9.52. The van der Waals surface area contributed by atoms with Crippen LogP contribution < -0.4 is 10.5 Å². The summed E-state index contributed by atoms with van der Waals surface area (Å²) in [5.74, 6) is 0.815. The van der Waals surface area contributed by atoms with Crippen LogP contribution in [0.5, 0.6) is 5.75 Å². The molecule has 2 N–H and O–H groups in total. The highest BCUT2D eigenvalue weighted by molar-refractivity contribution is 9.10. The zero-order valence-electron chi connectivity index (χ0n) is 10.9. The fourth-order valence-electron chi connectivity index (χ4n) is 1.99. The van der Waals surface area contributed by atoms with Crippen molar-refractivity contribution in [2.45, 2.75) is 12.5 Å². The lowest BCUT2D eigenvalue weighted by Gasteiger charge is -2.16. The van der Waals surface area contributed by atoms with Crippen LogP contribution in [0.15, 0.2) is 45.3 Å². The molecule has 1 atom stereocenters. The number of hydrogen-bond acceptors (Lipinski definition) is 2. The zero-order chi connectivity index (χ0) is 14.7. The molecule has 0 aliphatic carbocycles. The Morgan fingerprint density at radius 2 is 1.95 bits per heavy atom. The minimum Gasteiger partial charge on any atom is -0.497 e. The highest BCUT2D eigenvalue weighted by Gasteiger charge is 2.14. The monoisotopic (exact) mass is 417 g/mol. The molecule has 0 aliphatic rings. The molecule has 0 aromatic heterocycles. The molecular formula is C15H14Br2ClNO. The second-order valence-electron chi connectivity index (χ2n) is 4.41. The number of methoxy groups -OCH3 is 1. The van der Waals surface area contributed by atoms with Crippen molar-refractivity contribution in [1.29, 1.82) is 0 Å². The standard InChI is InChI=1S/C15H14Br2ClNO/c1-20-10-5-6-12(16)9(7-10)8-14(19)11-3-2-4-13(17)15(11)18/h2-7,14H,8,19H2,1H3. The summed E-state index contributed by atoms with van der Waals surface area (Å²) in [6.07, 6.45) is 0.675. The van der Waals surface area contributed by atoms with Crippen LogP contribution in [0.25, 0.3) is 0 Å². The molecule has 0 aliphatic heterocycles. The molecule has 2 aromatic carbocycles.